The third kappa shape index (κ3) is 2.39. The van der Waals surface area contributed by atoms with Crippen LogP contribution in [0.25, 0.3) is 0 Å². The summed E-state index contributed by atoms with van der Waals surface area (Å²) in [6.07, 6.45) is 1.70. The van der Waals surface area contributed by atoms with Gasteiger partial charge in [0.2, 0.25) is 0 Å². The van der Waals surface area contributed by atoms with Gasteiger partial charge in [-0.1, -0.05) is 11.6 Å². The summed E-state index contributed by atoms with van der Waals surface area (Å²) in [6.45, 7) is 0. The molecule has 1 unspecified atom stereocenters. The van der Waals surface area contributed by atoms with Gasteiger partial charge in [0.1, 0.15) is 5.82 Å². The van der Waals surface area contributed by atoms with E-state index < -0.39 is 16.7 Å². The summed E-state index contributed by atoms with van der Waals surface area (Å²) in [7, 11) is 0.147. The predicted octanol–water partition coefficient (Wildman–Crippen LogP) is 3.04. The molecule has 0 amide bonds. The molecule has 5 heteroatoms. The third-order valence-corrected chi connectivity index (χ3v) is 3.92. The monoisotopic (exact) mass is 235 g/mol. The molecule has 77 valence electrons. The SMILES string of the molecule is COC(=O)[SH](C)c1c[c]c(F)cc1Cl. The van der Waals surface area contributed by atoms with E-state index in [4.69, 9.17) is 11.6 Å². The van der Waals surface area contributed by atoms with E-state index in [1.54, 1.807) is 6.26 Å². The first-order valence-corrected chi connectivity index (χ1v) is 5.91. The van der Waals surface area contributed by atoms with Crippen LogP contribution in [0.3, 0.4) is 0 Å². The minimum absolute atomic E-state index is 0.236. The number of hydrogen-bond donors (Lipinski definition) is 1. The van der Waals surface area contributed by atoms with Crippen LogP contribution < -0.4 is 0 Å². The van der Waals surface area contributed by atoms with E-state index in [1.807, 2.05) is 0 Å². The molecule has 1 aromatic rings. The molecule has 0 fully saturated rings. The second-order valence-electron chi connectivity index (χ2n) is 2.54. The number of methoxy groups -OCH3 is 1. The zero-order chi connectivity index (χ0) is 10.7. The van der Waals surface area contributed by atoms with Gasteiger partial charge in [-0.25, -0.2) is 9.18 Å². The Labute approximate surface area is 89.4 Å². The van der Waals surface area contributed by atoms with Gasteiger partial charge in [-0.15, -0.1) is 10.9 Å². The third-order valence-electron chi connectivity index (χ3n) is 1.65. The van der Waals surface area contributed by atoms with Gasteiger partial charge in [0.15, 0.2) is 0 Å². The van der Waals surface area contributed by atoms with E-state index in [0.29, 0.717) is 4.90 Å². The first-order chi connectivity index (χ1) is 6.56. The van der Waals surface area contributed by atoms with Gasteiger partial charge < -0.3 is 4.74 Å². The zero-order valence-electron chi connectivity index (χ0n) is 7.67. The van der Waals surface area contributed by atoms with Gasteiger partial charge in [-0.2, -0.15) is 0 Å². The summed E-state index contributed by atoms with van der Waals surface area (Å²) in [5.74, 6) is -0.535. The lowest BCUT2D eigenvalue weighted by Gasteiger charge is -2.14. The molecule has 14 heavy (non-hydrogen) atoms. The van der Waals surface area contributed by atoms with Gasteiger partial charge in [0.05, 0.1) is 12.1 Å². The average molecular weight is 236 g/mol. The van der Waals surface area contributed by atoms with Crippen molar-refractivity contribution in [3.63, 3.8) is 0 Å². The highest BCUT2D eigenvalue weighted by molar-refractivity contribution is 8.29. The van der Waals surface area contributed by atoms with Gasteiger partial charge in [0, 0.05) is 11.0 Å². The molecule has 0 heterocycles. The molecular formula is C9H9ClFO2S. The Hall–Kier alpha value is -0.740. The standard InChI is InChI=1S/C9H9ClFO2S/c1-13-9(12)14(2)8-4-3-6(11)5-7(8)10/h4-5,14H,1-2H3. The van der Waals surface area contributed by atoms with E-state index in [9.17, 15) is 9.18 Å². The fourth-order valence-corrected chi connectivity index (χ4v) is 2.57. The van der Waals surface area contributed by atoms with Crippen LogP contribution in [0.2, 0.25) is 5.02 Å². The number of rotatable bonds is 1. The van der Waals surface area contributed by atoms with Gasteiger partial charge in [-0.05, 0) is 18.4 Å². The molecule has 0 saturated heterocycles. The van der Waals surface area contributed by atoms with E-state index in [1.165, 1.54) is 13.2 Å². The second-order valence-corrected chi connectivity index (χ2v) is 4.92. The molecule has 0 aliphatic rings. The maximum atomic E-state index is 12.6. The van der Waals surface area contributed by atoms with E-state index in [0.717, 1.165) is 6.07 Å². The fourth-order valence-electron chi connectivity index (χ4n) is 0.925. The average Bonchev–Trinajstić information content (AvgIpc) is 2.15. The molecule has 0 aliphatic carbocycles. The highest BCUT2D eigenvalue weighted by Gasteiger charge is 2.14. The lowest BCUT2D eigenvalue weighted by molar-refractivity contribution is 0.200. The molecule has 0 N–H and O–H groups in total. The lowest BCUT2D eigenvalue weighted by atomic mass is 10.3. The molecular weight excluding hydrogens is 227 g/mol. The number of carbonyl (C=O) groups is 1. The Bertz CT molecular complexity index is 357. The molecule has 1 atom stereocenters. The van der Waals surface area contributed by atoms with Crippen molar-refractivity contribution in [2.24, 2.45) is 0 Å². The first kappa shape index (κ1) is 11.3. The van der Waals surface area contributed by atoms with Crippen LogP contribution in [0, 0.1) is 11.9 Å². The van der Waals surface area contributed by atoms with Crippen LogP contribution in [0.15, 0.2) is 17.0 Å². The largest absolute Gasteiger partial charge is 0.462 e. The van der Waals surface area contributed by atoms with Crippen molar-refractivity contribution in [2.45, 2.75) is 4.90 Å². The molecule has 1 aromatic carbocycles. The highest BCUT2D eigenvalue weighted by Crippen LogP contribution is 2.39. The molecule has 1 radical (unpaired) electrons. The minimum atomic E-state index is -1.16. The van der Waals surface area contributed by atoms with Crippen molar-refractivity contribution in [3.05, 3.63) is 29.0 Å². The fraction of sp³-hybridized carbons (Fsp3) is 0.222. The van der Waals surface area contributed by atoms with E-state index in [2.05, 4.69) is 10.8 Å². The summed E-state index contributed by atoms with van der Waals surface area (Å²) >= 11 is 5.77. The smallest absolute Gasteiger partial charge is 0.350 e. The summed E-state index contributed by atoms with van der Waals surface area (Å²) in [5.41, 5.74) is 0. The minimum Gasteiger partial charge on any atom is -0.462 e. The maximum Gasteiger partial charge on any atom is 0.350 e. The van der Waals surface area contributed by atoms with E-state index >= 15 is 0 Å². The normalized spacial score (nSPS) is 13.6. The van der Waals surface area contributed by atoms with Crippen LogP contribution in [-0.2, 0) is 4.74 Å². The molecule has 0 saturated carbocycles. The molecule has 2 nitrogen and oxygen atoms in total. The Morgan fingerprint density at radius 2 is 2.36 bits per heavy atom. The predicted molar refractivity (Wildman–Crippen MR) is 55.8 cm³/mol. The molecule has 0 bridgehead atoms. The first-order valence-electron chi connectivity index (χ1n) is 3.74. The molecule has 0 aliphatic heterocycles. The van der Waals surface area contributed by atoms with Crippen molar-refractivity contribution in [3.8, 4) is 0 Å². The second kappa shape index (κ2) is 4.66. The van der Waals surface area contributed by atoms with Crippen LogP contribution in [0.5, 0.6) is 0 Å². The van der Waals surface area contributed by atoms with Crippen molar-refractivity contribution in [1.29, 1.82) is 0 Å². The molecule has 0 spiro atoms. The highest BCUT2D eigenvalue weighted by atomic mass is 35.5. The number of carbonyl (C=O) groups excluding carboxylic acids is 1. The Kier molecular flexibility index (Phi) is 3.77. The summed E-state index contributed by atoms with van der Waals surface area (Å²) in [4.78, 5) is 11.8. The van der Waals surface area contributed by atoms with Crippen molar-refractivity contribution < 1.29 is 13.9 Å². The van der Waals surface area contributed by atoms with Crippen molar-refractivity contribution >= 4 is 27.8 Å². The molecule has 0 aromatic heterocycles. The Morgan fingerprint density at radius 1 is 1.71 bits per heavy atom. The maximum absolute atomic E-state index is 12.6. The van der Waals surface area contributed by atoms with Gasteiger partial charge >= 0.3 is 5.30 Å². The van der Waals surface area contributed by atoms with Gasteiger partial charge in [0.25, 0.3) is 0 Å². The van der Waals surface area contributed by atoms with Crippen molar-refractivity contribution in [2.75, 3.05) is 13.4 Å². The number of halogens is 2. The summed E-state index contributed by atoms with van der Waals surface area (Å²) in [5, 5.41) is -0.109. The van der Waals surface area contributed by atoms with Gasteiger partial charge in [-0.3, -0.25) is 0 Å². The lowest BCUT2D eigenvalue weighted by Crippen LogP contribution is -1.99. The van der Waals surface area contributed by atoms with Crippen LogP contribution in [0.4, 0.5) is 9.18 Å². The summed E-state index contributed by atoms with van der Waals surface area (Å²) < 4.78 is 17.2. The number of benzene rings is 1. The number of thiol groups is 1. The topological polar surface area (TPSA) is 26.3 Å². The quantitative estimate of drug-likeness (QED) is 0.598. The summed E-state index contributed by atoms with van der Waals surface area (Å²) in [6, 6.07) is 4.88. The molecule has 1 rings (SSSR count). The van der Waals surface area contributed by atoms with Crippen LogP contribution in [0.1, 0.15) is 0 Å². The number of ether oxygens (including phenoxy) is 1. The van der Waals surface area contributed by atoms with Crippen molar-refractivity contribution in [1.82, 2.24) is 0 Å². The van der Waals surface area contributed by atoms with E-state index in [-0.39, 0.29) is 10.3 Å². The van der Waals surface area contributed by atoms with Crippen LogP contribution >= 0.6 is 22.5 Å². The zero-order valence-corrected chi connectivity index (χ0v) is 9.32. The Balaban J connectivity index is 3.01. The number of hydrogen-bond acceptors (Lipinski definition) is 2. The van der Waals surface area contributed by atoms with Crippen LogP contribution in [-0.4, -0.2) is 18.7 Å². The Morgan fingerprint density at radius 3 is 2.86 bits per heavy atom.